The van der Waals surface area contributed by atoms with Crippen molar-refractivity contribution in [1.29, 1.82) is 0 Å². The molecule has 0 unspecified atom stereocenters. The van der Waals surface area contributed by atoms with Crippen LogP contribution in [-0.2, 0) is 17.3 Å². The van der Waals surface area contributed by atoms with Gasteiger partial charge in [0.25, 0.3) is 0 Å². The molecule has 3 nitrogen and oxygen atoms in total. The summed E-state index contributed by atoms with van der Waals surface area (Å²) < 4.78 is 13.2. The third kappa shape index (κ3) is 5.43. The Morgan fingerprint density at radius 2 is 1.69 bits per heavy atom. The lowest BCUT2D eigenvalue weighted by Gasteiger charge is -2.38. The van der Waals surface area contributed by atoms with Crippen LogP contribution >= 0.6 is 43.8 Å². The lowest BCUT2D eigenvalue weighted by molar-refractivity contribution is 0.191. The zero-order valence-electron chi connectivity index (χ0n) is 17.0. The third-order valence-corrected chi connectivity index (χ3v) is 11.8. The van der Waals surface area contributed by atoms with E-state index >= 15 is 0 Å². The maximum atomic E-state index is 6.65. The highest BCUT2D eigenvalue weighted by molar-refractivity contribution is 9.11. The van der Waals surface area contributed by atoms with Crippen LogP contribution in [0.3, 0.4) is 0 Å². The highest BCUT2D eigenvalue weighted by atomic mass is 79.9. The lowest BCUT2D eigenvalue weighted by Crippen LogP contribution is -2.44. The van der Waals surface area contributed by atoms with Crippen molar-refractivity contribution in [2.24, 2.45) is 4.40 Å². The molecule has 26 heavy (non-hydrogen) atoms. The van der Waals surface area contributed by atoms with Crippen LogP contribution in [0.2, 0.25) is 18.1 Å². The van der Waals surface area contributed by atoms with Crippen LogP contribution in [0, 0.1) is 0 Å². The summed E-state index contributed by atoms with van der Waals surface area (Å²) in [5.41, 5.74) is 3.44. The molecule has 0 saturated carbocycles. The van der Waals surface area contributed by atoms with Gasteiger partial charge in [0.1, 0.15) is 4.60 Å². The van der Waals surface area contributed by atoms with E-state index in [4.69, 9.17) is 9.41 Å². The number of fused-ring (bicyclic) bond motifs is 1. The molecule has 0 aromatic carbocycles. The van der Waals surface area contributed by atoms with Gasteiger partial charge >= 0.3 is 0 Å². The molecule has 2 rings (SSSR count). The van der Waals surface area contributed by atoms with Gasteiger partial charge in [-0.25, -0.2) is 9.38 Å². The number of hydrogen-bond donors (Lipinski definition) is 0. The van der Waals surface area contributed by atoms with Gasteiger partial charge < -0.3 is 4.43 Å². The molecule has 0 bridgehead atoms. The van der Waals surface area contributed by atoms with Crippen molar-refractivity contribution < 1.29 is 4.43 Å². The number of halogens is 2. The van der Waals surface area contributed by atoms with Crippen molar-refractivity contribution in [2.45, 2.75) is 83.4 Å². The summed E-state index contributed by atoms with van der Waals surface area (Å²) in [6.45, 7) is 18.0. The molecule has 1 heterocycles. The van der Waals surface area contributed by atoms with Gasteiger partial charge in [0.05, 0.1) is 18.0 Å². The first kappa shape index (κ1) is 22.6. The lowest BCUT2D eigenvalue weighted by atomic mass is 10.1. The van der Waals surface area contributed by atoms with E-state index < -0.39 is 8.32 Å². The van der Waals surface area contributed by atoms with Crippen LogP contribution in [0.4, 0.5) is 0 Å². The molecule has 1 aromatic rings. The highest BCUT2D eigenvalue weighted by Gasteiger charge is 2.41. The minimum Gasteiger partial charge on any atom is -0.413 e. The summed E-state index contributed by atoms with van der Waals surface area (Å²) >= 11 is 8.99. The Hall–Kier alpha value is 0.307. The molecular weight excluding hydrogens is 492 g/mol. The maximum Gasteiger partial charge on any atom is 0.192 e. The smallest absolute Gasteiger partial charge is 0.192 e. The fraction of sp³-hybridized carbons (Fsp3) is 0.684. The van der Waals surface area contributed by atoms with Crippen LogP contribution in [0.25, 0.3) is 0 Å². The standard InChI is InChI=1S/C19H30Br2N2OSSi/c1-18(2,3)25-22-11-15-16(20)13-9-12(10-14(13)17(21)23-15)24-26(7,8)19(4,5)6/h11-12H,9-10H2,1-8H3/t12-/m0/s1. The number of aromatic nitrogens is 1. The summed E-state index contributed by atoms with van der Waals surface area (Å²) in [6, 6.07) is 0. The van der Waals surface area contributed by atoms with Crippen LogP contribution in [0.15, 0.2) is 13.5 Å². The first-order valence-corrected chi connectivity index (χ1v) is 14.2. The molecule has 0 aliphatic heterocycles. The minimum absolute atomic E-state index is 0.0963. The molecule has 1 aromatic heterocycles. The van der Waals surface area contributed by atoms with E-state index in [-0.39, 0.29) is 15.9 Å². The predicted octanol–water partition coefficient (Wildman–Crippen LogP) is 6.96. The van der Waals surface area contributed by atoms with E-state index in [0.29, 0.717) is 0 Å². The maximum absolute atomic E-state index is 6.65. The van der Waals surface area contributed by atoms with E-state index in [9.17, 15) is 0 Å². The Morgan fingerprint density at radius 3 is 2.23 bits per heavy atom. The van der Waals surface area contributed by atoms with Gasteiger partial charge in [-0.2, -0.15) is 0 Å². The van der Waals surface area contributed by atoms with Crippen molar-refractivity contribution in [3.63, 3.8) is 0 Å². The molecule has 7 heteroatoms. The molecule has 0 spiro atoms. The Morgan fingerprint density at radius 1 is 1.12 bits per heavy atom. The normalized spacial score (nSPS) is 18.6. The van der Waals surface area contributed by atoms with Gasteiger partial charge in [0, 0.05) is 15.6 Å². The second kappa shape index (κ2) is 7.97. The topological polar surface area (TPSA) is 34.5 Å². The van der Waals surface area contributed by atoms with Gasteiger partial charge in [0.2, 0.25) is 0 Å². The summed E-state index contributed by atoms with van der Waals surface area (Å²) in [5.74, 6) is 0. The minimum atomic E-state index is -1.78. The fourth-order valence-corrected chi connectivity index (χ4v) is 5.59. The molecule has 0 amide bonds. The quantitative estimate of drug-likeness (QED) is 0.186. The Bertz CT molecular complexity index is 709. The second-order valence-corrected chi connectivity index (χ2v) is 17.3. The number of rotatable bonds is 4. The summed E-state index contributed by atoms with van der Waals surface area (Å²) in [6.07, 6.45) is 3.93. The third-order valence-electron chi connectivity index (χ3n) is 4.95. The molecule has 0 radical (unpaired) electrons. The van der Waals surface area contributed by atoms with Gasteiger partial charge in [-0.3, -0.25) is 0 Å². The molecule has 0 fully saturated rings. The van der Waals surface area contributed by atoms with Crippen molar-refractivity contribution in [2.75, 3.05) is 0 Å². The Kier molecular flexibility index (Phi) is 6.93. The second-order valence-electron chi connectivity index (χ2n) is 9.41. The van der Waals surface area contributed by atoms with Gasteiger partial charge in [0.15, 0.2) is 8.32 Å². The predicted molar refractivity (Wildman–Crippen MR) is 124 cm³/mol. The average Bonchev–Trinajstić information content (AvgIpc) is 2.85. The number of pyridine rings is 1. The summed E-state index contributed by atoms with van der Waals surface area (Å²) in [7, 11) is -1.78. The van der Waals surface area contributed by atoms with E-state index in [1.807, 2.05) is 6.21 Å². The largest absolute Gasteiger partial charge is 0.413 e. The number of hydrogen-bond acceptors (Lipinski definition) is 4. The summed E-state index contributed by atoms with van der Waals surface area (Å²) in [4.78, 5) is 4.71. The van der Waals surface area contributed by atoms with Crippen molar-refractivity contribution in [3.05, 3.63) is 25.9 Å². The van der Waals surface area contributed by atoms with Gasteiger partial charge in [-0.15, -0.1) is 0 Å². The fourth-order valence-electron chi connectivity index (χ4n) is 2.58. The van der Waals surface area contributed by atoms with Crippen molar-refractivity contribution >= 4 is 58.3 Å². The van der Waals surface area contributed by atoms with E-state index in [1.165, 1.54) is 11.1 Å². The van der Waals surface area contributed by atoms with E-state index in [1.54, 1.807) is 11.9 Å². The van der Waals surface area contributed by atoms with E-state index in [2.05, 4.69) is 90.9 Å². The highest BCUT2D eigenvalue weighted by Crippen LogP contribution is 2.41. The SMILES string of the molecule is CC(C)(C)SN=Cc1nc(Br)c2c(c1Br)C[C@H](O[Si](C)(C)C(C)(C)C)C2. The van der Waals surface area contributed by atoms with Crippen molar-refractivity contribution in [3.8, 4) is 0 Å². The molecule has 0 saturated heterocycles. The molecule has 1 aliphatic carbocycles. The van der Waals surface area contributed by atoms with Gasteiger partial charge in [-0.1, -0.05) is 20.8 Å². The molecule has 1 atom stereocenters. The first-order valence-electron chi connectivity index (χ1n) is 8.97. The van der Waals surface area contributed by atoms with Crippen LogP contribution in [0.1, 0.15) is 58.4 Å². The summed E-state index contributed by atoms with van der Waals surface area (Å²) in [5, 5.41) is 0.219. The van der Waals surface area contributed by atoms with Gasteiger partial charge in [-0.05, 0) is 100 Å². The molecule has 146 valence electrons. The average molecular weight is 522 g/mol. The Labute approximate surface area is 180 Å². The zero-order chi connectivity index (χ0) is 19.9. The first-order chi connectivity index (χ1) is 11.7. The molecular formula is C19H30Br2N2OSSi. The van der Waals surface area contributed by atoms with Crippen LogP contribution in [0.5, 0.6) is 0 Å². The molecule has 0 N–H and O–H groups in total. The van der Waals surface area contributed by atoms with Crippen LogP contribution in [-0.4, -0.2) is 30.4 Å². The Balaban J connectivity index is 2.22. The van der Waals surface area contributed by atoms with Crippen molar-refractivity contribution in [1.82, 2.24) is 4.98 Å². The molecule has 1 aliphatic rings. The zero-order valence-corrected chi connectivity index (χ0v) is 22.0. The van der Waals surface area contributed by atoms with Crippen LogP contribution < -0.4 is 0 Å². The van der Waals surface area contributed by atoms with E-state index in [0.717, 1.165) is 27.6 Å². The monoisotopic (exact) mass is 520 g/mol. The number of nitrogens with zero attached hydrogens (tertiary/aromatic N) is 2.